The van der Waals surface area contributed by atoms with Crippen LogP contribution in [0.1, 0.15) is 0 Å². The van der Waals surface area contributed by atoms with Gasteiger partial charge in [0, 0.05) is 56.3 Å². The zero-order chi connectivity index (χ0) is 93.3. The fourth-order valence-electron chi connectivity index (χ4n) is 24.5. The molecule has 0 saturated carbocycles. The summed E-state index contributed by atoms with van der Waals surface area (Å²) >= 11 is 0. The van der Waals surface area contributed by atoms with E-state index in [1.54, 1.807) is 0 Å². The van der Waals surface area contributed by atoms with E-state index in [2.05, 4.69) is 468 Å². The molecule has 33 rings (SSSR count). The molecule has 6 aliphatic rings. The average Bonchev–Trinajstić information content (AvgIpc) is 1.58. The van der Waals surface area contributed by atoms with Crippen molar-refractivity contribution in [3.8, 4) is 118 Å². The molecular weight excluding hydrogens is 1740 g/mol. The molecule has 0 aliphatic carbocycles. The predicted octanol–water partition coefficient (Wildman–Crippen LogP) is 22.8. The second-order valence-corrected chi connectivity index (χ2v) is 38.2. The quantitative estimate of drug-likeness (QED) is 0.118. The molecule has 27 aromatic rings. The van der Waals surface area contributed by atoms with Gasteiger partial charge in [0.05, 0.1) is 88.6 Å². The van der Waals surface area contributed by atoms with Crippen molar-refractivity contribution in [1.82, 2.24) is 61.9 Å². The van der Waals surface area contributed by atoms with Crippen molar-refractivity contribution < 1.29 is 0 Å². The molecule has 6 aliphatic heterocycles. The maximum absolute atomic E-state index is 5.07. The number of aromatic nitrogens is 13. The van der Waals surface area contributed by atoms with Crippen LogP contribution in [0.5, 0.6) is 0 Å². The Bertz CT molecular complexity index is 9460. The molecular formula is C126H77B3N14. The van der Waals surface area contributed by atoms with Gasteiger partial charge in [-0.2, -0.15) is 0 Å². The molecule has 0 atom stereocenters. The van der Waals surface area contributed by atoms with Crippen LogP contribution in [0, 0.1) is 0 Å². The summed E-state index contributed by atoms with van der Waals surface area (Å²) in [5.41, 5.74) is 54.9. The van der Waals surface area contributed by atoms with Gasteiger partial charge in [-0.15, -0.1) is 0 Å². The lowest BCUT2D eigenvalue weighted by Gasteiger charge is -2.35. The number of benzene rings is 20. The van der Waals surface area contributed by atoms with E-state index >= 15 is 0 Å². The first-order valence-electron chi connectivity index (χ1n) is 48.8. The van der Waals surface area contributed by atoms with E-state index in [0.717, 1.165) is 89.6 Å². The number of fused-ring (bicyclic) bond motifs is 15. The van der Waals surface area contributed by atoms with Crippen LogP contribution < -0.4 is 54.1 Å². The Kier molecular flexibility index (Phi) is 17.0. The van der Waals surface area contributed by atoms with Crippen LogP contribution in [0.15, 0.2) is 469 Å². The average molecular weight is 1820 g/mol. The molecule has 7 aromatic heterocycles. The maximum Gasteiger partial charge on any atom is 0.252 e. The number of para-hydroxylation sites is 4. The van der Waals surface area contributed by atoms with Gasteiger partial charge in [-0.3, -0.25) is 27.4 Å². The first-order valence-corrected chi connectivity index (χ1v) is 48.8. The summed E-state index contributed by atoms with van der Waals surface area (Å²) in [6.07, 6.45) is 12.1. The third-order valence-corrected chi connectivity index (χ3v) is 30.6. The minimum Gasteiger partial charge on any atom is -0.310 e. The zero-order valence-electron chi connectivity index (χ0n) is 76.9. The van der Waals surface area contributed by atoms with E-state index in [1.807, 2.05) is 38.0 Å². The summed E-state index contributed by atoms with van der Waals surface area (Å²) in [6.45, 7) is 0.0279. The Hall–Kier alpha value is -19.0. The van der Waals surface area contributed by atoms with Gasteiger partial charge in [0.25, 0.3) is 20.1 Å². The standard InChI is InChI=1S/C44H26BN5.C44H28BN5.C38H23BN4/c1-3-11-27(12-4-1)29-19-34-43-36(21-29)46-25-48(43)40-23-31(50-38-17-9-7-15-32(38)33-16-8-10-18-39(33)50)24-41-42(40)45(34)35-20-30(28-13-5-2-6-14-28)22-37-44(35)49(41)26-47-37;1-5-13-29(14-6-1)31-21-36-43-38(23-31)46-27-48(43)40-25-35(50(33-17-9-3-10-18-33)34-19-11-4-12-20-34)26-41-42(40)45(36)37-22-32(30-15-7-2-8-16-30)24-39-44(37)49(41)28-47-39;1-4-10-24(11-5-1)27-16-30-37-32(18-27)40-22-42(37)34-20-29(26-14-8-3-9-15-26)21-35-36(34)39(30)31-17-28(25-12-6-2-7-13-25)19-33-38(31)43(35)23-41-33/h1-26H;1-28H;1-23H. The van der Waals surface area contributed by atoms with Crippen molar-refractivity contribution in [3.63, 3.8) is 0 Å². The molecule has 13 heterocycles. The molecule has 0 N–H and O–H groups in total. The van der Waals surface area contributed by atoms with Crippen LogP contribution in [0.2, 0.25) is 0 Å². The molecule has 20 aromatic carbocycles. The first-order chi connectivity index (χ1) is 70.9. The van der Waals surface area contributed by atoms with E-state index in [0.29, 0.717) is 0 Å². The number of hydrogen-bond donors (Lipinski definition) is 0. The topological polar surface area (TPSA) is 115 Å². The van der Waals surface area contributed by atoms with E-state index in [-0.39, 0.29) is 20.1 Å². The second kappa shape index (κ2) is 30.8. The highest BCUT2D eigenvalue weighted by atomic mass is 15.2. The molecule has 0 amide bonds. The number of rotatable bonds is 11. The number of hydrogen-bond acceptors (Lipinski definition) is 7. The normalized spacial score (nSPS) is 12.6. The Morgan fingerprint density at radius 3 is 0.622 bits per heavy atom. The molecule has 14 nitrogen and oxygen atoms in total. The third-order valence-electron chi connectivity index (χ3n) is 30.6. The molecule has 0 saturated heterocycles. The molecule has 17 heteroatoms. The van der Waals surface area contributed by atoms with Crippen molar-refractivity contribution in [2.45, 2.75) is 0 Å². The largest absolute Gasteiger partial charge is 0.310 e. The fraction of sp³-hybridized carbons (Fsp3) is 0. The van der Waals surface area contributed by atoms with Crippen molar-refractivity contribution in [2.24, 2.45) is 0 Å². The van der Waals surface area contributed by atoms with Crippen LogP contribution in [-0.4, -0.2) is 82.0 Å². The Balaban J connectivity index is 0.0000000985. The molecule has 0 fully saturated rings. The highest BCUT2D eigenvalue weighted by Crippen LogP contribution is 2.45. The van der Waals surface area contributed by atoms with Crippen molar-refractivity contribution in [1.29, 1.82) is 0 Å². The van der Waals surface area contributed by atoms with Gasteiger partial charge in [0.15, 0.2) is 0 Å². The predicted molar refractivity (Wildman–Crippen MR) is 588 cm³/mol. The number of anilines is 3. The SMILES string of the molecule is c1ccc(-c2cc3c4c(c2)-n2cnc5cc(-c6ccccc6)cc(c52)B4c2cc(-c4ccccc4)cc4ncn-3c24)cc1.c1ccc(-c2cc3c4c(c2)ncn4-c2cc(-n4c5ccccc5c5ccccc54)cc4c2B3c2cc(-c3ccccc3)cc3ncn-4c23)cc1.c1ccc(-c2cc3c4c(c2)ncn4-c2cc(N(c4ccccc4)c4ccccc4)cc4c2B3c2cc(-c3ccccc3)cc3ncn-4c23)cc1. The number of imidazole rings is 6. The van der Waals surface area contributed by atoms with Gasteiger partial charge in [0.2, 0.25) is 0 Å². The Morgan fingerprint density at radius 2 is 0.378 bits per heavy atom. The van der Waals surface area contributed by atoms with E-state index in [4.69, 9.17) is 29.9 Å². The van der Waals surface area contributed by atoms with Crippen LogP contribution in [-0.2, 0) is 0 Å². The first kappa shape index (κ1) is 79.1. The molecule has 0 bridgehead atoms. The van der Waals surface area contributed by atoms with E-state index in [9.17, 15) is 0 Å². The Morgan fingerprint density at radius 1 is 0.175 bits per heavy atom. The summed E-state index contributed by atoms with van der Waals surface area (Å²) in [7, 11) is 0. The van der Waals surface area contributed by atoms with Gasteiger partial charge >= 0.3 is 0 Å². The monoisotopic (exact) mass is 1820 g/mol. The lowest BCUT2D eigenvalue weighted by Crippen LogP contribution is -2.59. The lowest BCUT2D eigenvalue weighted by molar-refractivity contribution is 1.05. The van der Waals surface area contributed by atoms with Gasteiger partial charge in [0.1, 0.15) is 38.0 Å². The van der Waals surface area contributed by atoms with Gasteiger partial charge < -0.3 is 9.47 Å². The minimum absolute atomic E-state index is 0.00192. The van der Waals surface area contributed by atoms with Crippen LogP contribution >= 0.6 is 0 Å². The number of nitrogens with zero attached hydrogens (tertiary/aromatic N) is 14. The minimum atomic E-state index is -0.0123. The summed E-state index contributed by atoms with van der Waals surface area (Å²) in [5.74, 6) is 0. The van der Waals surface area contributed by atoms with E-state index < -0.39 is 0 Å². The summed E-state index contributed by atoms with van der Waals surface area (Å²) in [6, 6.07) is 155. The van der Waals surface area contributed by atoms with Crippen LogP contribution in [0.3, 0.4) is 0 Å². The highest BCUT2D eigenvalue weighted by Gasteiger charge is 2.46. The van der Waals surface area contributed by atoms with Gasteiger partial charge in [-0.05, 0) is 236 Å². The van der Waals surface area contributed by atoms with Crippen molar-refractivity contribution in [2.75, 3.05) is 4.90 Å². The molecule has 660 valence electrons. The zero-order valence-corrected chi connectivity index (χ0v) is 76.9. The molecule has 0 unspecified atom stereocenters. The Labute approximate surface area is 821 Å². The van der Waals surface area contributed by atoms with Gasteiger partial charge in [-0.25, -0.2) is 29.9 Å². The van der Waals surface area contributed by atoms with Crippen molar-refractivity contribution >= 4 is 174 Å². The second-order valence-electron chi connectivity index (χ2n) is 38.2. The van der Waals surface area contributed by atoms with Crippen molar-refractivity contribution in [3.05, 3.63) is 469 Å². The smallest absolute Gasteiger partial charge is 0.252 e. The fourth-order valence-corrected chi connectivity index (χ4v) is 24.5. The molecule has 0 spiro atoms. The highest BCUT2D eigenvalue weighted by molar-refractivity contribution is 7.02. The summed E-state index contributed by atoms with van der Waals surface area (Å²) in [5, 5.41) is 2.50. The lowest BCUT2D eigenvalue weighted by atomic mass is 9.34. The summed E-state index contributed by atoms with van der Waals surface area (Å²) < 4.78 is 16.3. The molecule has 143 heavy (non-hydrogen) atoms. The van der Waals surface area contributed by atoms with Gasteiger partial charge in [-0.1, -0.05) is 322 Å². The van der Waals surface area contributed by atoms with Crippen LogP contribution in [0.4, 0.5) is 17.1 Å². The van der Waals surface area contributed by atoms with Crippen LogP contribution in [0.25, 0.3) is 206 Å². The summed E-state index contributed by atoms with van der Waals surface area (Å²) in [4.78, 5) is 32.6. The maximum atomic E-state index is 5.07. The molecule has 0 radical (unpaired) electrons. The third kappa shape index (κ3) is 11.9. The van der Waals surface area contributed by atoms with E-state index in [1.165, 1.54) is 182 Å².